The van der Waals surface area contributed by atoms with Gasteiger partial charge >= 0.3 is 0 Å². The third-order valence-corrected chi connectivity index (χ3v) is 5.22. The van der Waals surface area contributed by atoms with Gasteiger partial charge in [-0.15, -0.1) is 0 Å². The fourth-order valence-corrected chi connectivity index (χ4v) is 3.79. The summed E-state index contributed by atoms with van der Waals surface area (Å²) in [6.07, 6.45) is 4.54. The molecule has 0 unspecified atom stereocenters. The Labute approximate surface area is 174 Å². The average Bonchev–Trinajstić information content (AvgIpc) is 3.18. The van der Waals surface area contributed by atoms with Crippen molar-refractivity contribution in [2.24, 2.45) is 0 Å². The zero-order chi connectivity index (χ0) is 21.1. The first kappa shape index (κ1) is 19.6. The summed E-state index contributed by atoms with van der Waals surface area (Å²) in [4.78, 5) is 22.5. The number of nitrogens with zero attached hydrogens (tertiary/aromatic N) is 5. The highest BCUT2D eigenvalue weighted by Gasteiger charge is 2.27. The Hall–Kier alpha value is -3.70. The van der Waals surface area contributed by atoms with Crippen LogP contribution in [0.25, 0.3) is 22.3 Å². The largest absolute Gasteiger partial charge is 0.384 e. The first-order valence-electron chi connectivity index (χ1n) is 9.72. The Morgan fingerprint density at radius 2 is 2.13 bits per heavy atom. The predicted molar refractivity (Wildman–Crippen MR) is 114 cm³/mol. The van der Waals surface area contributed by atoms with Crippen molar-refractivity contribution < 1.29 is 9.90 Å². The van der Waals surface area contributed by atoms with Crippen LogP contribution >= 0.6 is 0 Å². The minimum atomic E-state index is -0.183. The maximum Gasteiger partial charge on any atom is 0.246 e. The fourth-order valence-electron chi connectivity index (χ4n) is 3.79. The van der Waals surface area contributed by atoms with Crippen molar-refractivity contribution in [3.63, 3.8) is 0 Å². The number of aliphatic hydroxyl groups is 1. The van der Waals surface area contributed by atoms with Crippen LogP contribution in [0.2, 0.25) is 0 Å². The van der Waals surface area contributed by atoms with Gasteiger partial charge in [0.15, 0.2) is 5.65 Å². The maximum atomic E-state index is 12.1. The molecule has 3 aromatic rings. The second-order valence-corrected chi connectivity index (χ2v) is 7.07. The standard InChI is InChI=1S/C22H22N6O2/c1-2-18(30)27-11-3-6-17(13-27)28-22-19(21(23)24-14-25-22)20(26-28)16-9-7-15(8-10-16)5-4-12-29/h2,7-10,14,17,29H,1,3,6,11-13H2,(H2,23,24,25)/t17-/m1/s1. The van der Waals surface area contributed by atoms with E-state index < -0.39 is 0 Å². The summed E-state index contributed by atoms with van der Waals surface area (Å²) in [6, 6.07) is 7.55. The molecule has 1 aliphatic heterocycles. The van der Waals surface area contributed by atoms with Crippen LogP contribution in [0.4, 0.5) is 5.82 Å². The maximum absolute atomic E-state index is 12.1. The molecule has 0 radical (unpaired) electrons. The number of anilines is 1. The van der Waals surface area contributed by atoms with Crippen LogP contribution in [0.3, 0.4) is 0 Å². The van der Waals surface area contributed by atoms with Crippen LogP contribution in [0.1, 0.15) is 24.4 Å². The summed E-state index contributed by atoms with van der Waals surface area (Å²) in [5.74, 6) is 5.80. The van der Waals surface area contributed by atoms with Crippen molar-refractivity contribution >= 4 is 22.8 Å². The molecule has 1 saturated heterocycles. The van der Waals surface area contributed by atoms with Gasteiger partial charge in [0.1, 0.15) is 24.4 Å². The number of aromatic nitrogens is 4. The molecule has 1 aliphatic rings. The Kier molecular flexibility index (Phi) is 5.46. The SMILES string of the molecule is C=CC(=O)N1CCC[C@@H](n2nc(-c3ccc(C#CCO)cc3)c3c(N)ncnc32)C1. The van der Waals surface area contributed by atoms with E-state index in [-0.39, 0.29) is 18.6 Å². The van der Waals surface area contributed by atoms with Crippen LogP contribution in [0.5, 0.6) is 0 Å². The summed E-state index contributed by atoms with van der Waals surface area (Å²) in [6.45, 7) is 4.66. The minimum Gasteiger partial charge on any atom is -0.384 e. The number of piperidine rings is 1. The van der Waals surface area contributed by atoms with E-state index >= 15 is 0 Å². The van der Waals surface area contributed by atoms with Gasteiger partial charge in [-0.05, 0) is 31.1 Å². The van der Waals surface area contributed by atoms with Crippen LogP contribution in [-0.2, 0) is 4.79 Å². The lowest BCUT2D eigenvalue weighted by molar-refractivity contribution is -0.127. The average molecular weight is 402 g/mol. The predicted octanol–water partition coefficient (Wildman–Crippen LogP) is 1.77. The van der Waals surface area contributed by atoms with Gasteiger partial charge in [0.2, 0.25) is 5.91 Å². The van der Waals surface area contributed by atoms with Gasteiger partial charge in [0, 0.05) is 24.2 Å². The number of carbonyl (C=O) groups is 1. The molecule has 1 amide bonds. The number of carbonyl (C=O) groups excluding carboxylic acids is 1. The molecule has 3 N–H and O–H groups in total. The van der Waals surface area contributed by atoms with E-state index in [1.54, 1.807) is 4.90 Å². The zero-order valence-electron chi connectivity index (χ0n) is 16.5. The van der Waals surface area contributed by atoms with Gasteiger partial charge in [0.05, 0.1) is 11.4 Å². The number of benzene rings is 1. The quantitative estimate of drug-likeness (QED) is 0.510. The monoisotopic (exact) mass is 402 g/mol. The van der Waals surface area contributed by atoms with Gasteiger partial charge in [-0.3, -0.25) is 4.79 Å². The summed E-state index contributed by atoms with van der Waals surface area (Å²) in [5.41, 5.74) is 9.20. The first-order chi connectivity index (χ1) is 14.6. The van der Waals surface area contributed by atoms with E-state index in [1.165, 1.54) is 12.4 Å². The van der Waals surface area contributed by atoms with Gasteiger partial charge in [0.25, 0.3) is 0 Å². The van der Waals surface area contributed by atoms with Crippen molar-refractivity contribution in [1.82, 2.24) is 24.6 Å². The van der Waals surface area contributed by atoms with Gasteiger partial charge < -0.3 is 15.7 Å². The molecule has 1 aromatic carbocycles. The second kappa shape index (κ2) is 8.35. The minimum absolute atomic E-state index is 0.0112. The number of aliphatic hydroxyl groups excluding tert-OH is 1. The molecular weight excluding hydrogens is 380 g/mol. The molecule has 8 nitrogen and oxygen atoms in total. The Balaban J connectivity index is 1.77. The number of hydrogen-bond donors (Lipinski definition) is 2. The van der Waals surface area contributed by atoms with E-state index in [1.807, 2.05) is 28.9 Å². The third-order valence-electron chi connectivity index (χ3n) is 5.22. The van der Waals surface area contributed by atoms with Crippen molar-refractivity contribution in [3.8, 4) is 23.1 Å². The van der Waals surface area contributed by atoms with Gasteiger partial charge in [-0.2, -0.15) is 5.10 Å². The number of likely N-dealkylation sites (tertiary alicyclic amines) is 1. The molecule has 0 bridgehead atoms. The lowest BCUT2D eigenvalue weighted by Gasteiger charge is -2.32. The lowest BCUT2D eigenvalue weighted by atomic mass is 10.1. The van der Waals surface area contributed by atoms with Crippen LogP contribution < -0.4 is 5.73 Å². The molecule has 2 aromatic heterocycles. The molecular formula is C22H22N6O2. The molecule has 0 aliphatic carbocycles. The number of amides is 1. The van der Waals surface area contributed by atoms with E-state index in [0.29, 0.717) is 35.6 Å². The van der Waals surface area contributed by atoms with E-state index in [4.69, 9.17) is 15.9 Å². The number of nitrogen functional groups attached to an aromatic ring is 1. The van der Waals surface area contributed by atoms with Crippen molar-refractivity contribution in [2.75, 3.05) is 25.4 Å². The molecule has 30 heavy (non-hydrogen) atoms. The molecule has 0 saturated carbocycles. The number of hydrogen-bond acceptors (Lipinski definition) is 6. The Morgan fingerprint density at radius 3 is 2.87 bits per heavy atom. The van der Waals surface area contributed by atoms with Crippen LogP contribution in [0.15, 0.2) is 43.2 Å². The van der Waals surface area contributed by atoms with Crippen LogP contribution in [0, 0.1) is 11.8 Å². The van der Waals surface area contributed by atoms with E-state index in [2.05, 4.69) is 28.4 Å². The van der Waals surface area contributed by atoms with E-state index in [9.17, 15) is 4.79 Å². The highest BCUT2D eigenvalue weighted by atomic mass is 16.2. The topological polar surface area (TPSA) is 110 Å². The van der Waals surface area contributed by atoms with Gasteiger partial charge in [-0.25, -0.2) is 14.6 Å². The van der Waals surface area contributed by atoms with E-state index in [0.717, 1.165) is 24.0 Å². The first-order valence-corrected chi connectivity index (χ1v) is 9.72. The second-order valence-electron chi connectivity index (χ2n) is 7.07. The van der Waals surface area contributed by atoms with Gasteiger partial charge in [-0.1, -0.05) is 30.6 Å². The molecule has 1 fully saturated rings. The number of rotatable bonds is 3. The summed E-state index contributed by atoms with van der Waals surface area (Å²) >= 11 is 0. The fraction of sp³-hybridized carbons (Fsp3) is 0.273. The molecule has 1 atom stereocenters. The molecule has 4 rings (SSSR count). The summed E-state index contributed by atoms with van der Waals surface area (Å²) in [7, 11) is 0. The molecule has 3 heterocycles. The number of nitrogens with two attached hydrogens (primary N) is 1. The van der Waals surface area contributed by atoms with Crippen LogP contribution in [-0.4, -0.2) is 55.4 Å². The lowest BCUT2D eigenvalue weighted by Crippen LogP contribution is -2.40. The zero-order valence-corrected chi connectivity index (χ0v) is 16.5. The van der Waals surface area contributed by atoms with Crippen molar-refractivity contribution in [3.05, 3.63) is 48.8 Å². The molecule has 8 heteroatoms. The highest BCUT2D eigenvalue weighted by molar-refractivity contribution is 5.98. The Bertz CT molecular complexity index is 1160. The highest BCUT2D eigenvalue weighted by Crippen LogP contribution is 2.33. The molecule has 0 spiro atoms. The van der Waals surface area contributed by atoms with Crippen molar-refractivity contribution in [1.29, 1.82) is 0 Å². The summed E-state index contributed by atoms with van der Waals surface area (Å²) < 4.78 is 1.87. The van der Waals surface area contributed by atoms with Crippen molar-refractivity contribution in [2.45, 2.75) is 18.9 Å². The normalized spacial score (nSPS) is 16.2. The molecule has 152 valence electrons. The summed E-state index contributed by atoms with van der Waals surface area (Å²) in [5, 5.41) is 14.4. The smallest absolute Gasteiger partial charge is 0.246 e. The number of fused-ring (bicyclic) bond motifs is 1. The Morgan fingerprint density at radius 1 is 1.33 bits per heavy atom. The third kappa shape index (κ3) is 3.63.